The van der Waals surface area contributed by atoms with Gasteiger partial charge in [-0.3, -0.25) is 0 Å². The fourth-order valence-corrected chi connectivity index (χ4v) is 3.28. The van der Waals surface area contributed by atoms with Gasteiger partial charge < -0.3 is 10.3 Å². The zero-order valence-corrected chi connectivity index (χ0v) is 11.4. The highest BCUT2D eigenvalue weighted by molar-refractivity contribution is 7.15. The smallest absolute Gasteiger partial charge is 0.125 e. The molecule has 0 saturated heterocycles. The van der Waals surface area contributed by atoms with E-state index in [1.807, 2.05) is 30.8 Å². The number of H-pyrrole nitrogens is 1. The number of aromatic amines is 1. The van der Waals surface area contributed by atoms with Gasteiger partial charge >= 0.3 is 0 Å². The summed E-state index contributed by atoms with van der Waals surface area (Å²) in [7, 11) is 2.01. The Kier molecular flexibility index (Phi) is 3.97. The van der Waals surface area contributed by atoms with Crippen molar-refractivity contribution in [1.29, 1.82) is 0 Å². The number of aryl methyl sites for hydroxylation is 1. The molecule has 0 spiro atoms. The largest absolute Gasteiger partial charge is 0.367 e. The number of thiazole rings is 1. The quantitative estimate of drug-likeness (QED) is 0.854. The van der Waals surface area contributed by atoms with E-state index in [0.717, 1.165) is 18.0 Å². The van der Waals surface area contributed by atoms with E-state index in [1.54, 1.807) is 0 Å². The van der Waals surface area contributed by atoms with Crippen molar-refractivity contribution in [2.45, 2.75) is 26.2 Å². The minimum atomic E-state index is 0.574. The van der Waals surface area contributed by atoms with Gasteiger partial charge in [-0.05, 0) is 26.5 Å². The van der Waals surface area contributed by atoms with Gasteiger partial charge in [-0.2, -0.15) is 0 Å². The average Bonchev–Trinajstić information content (AvgIpc) is 2.95. The highest BCUT2D eigenvalue weighted by atomic mass is 32.1. The number of nitrogens with one attached hydrogen (secondary N) is 2. The molecule has 0 aliphatic carbocycles. The van der Waals surface area contributed by atoms with E-state index in [9.17, 15) is 0 Å². The van der Waals surface area contributed by atoms with Crippen LogP contribution in [0.5, 0.6) is 0 Å². The second-order valence-corrected chi connectivity index (χ2v) is 5.26. The molecule has 2 N–H and O–H groups in total. The molecule has 2 heterocycles. The third-order valence-electron chi connectivity index (χ3n) is 2.99. The van der Waals surface area contributed by atoms with Crippen LogP contribution in [-0.4, -0.2) is 23.6 Å². The zero-order valence-electron chi connectivity index (χ0n) is 10.6. The molecule has 2 aromatic rings. The van der Waals surface area contributed by atoms with Gasteiger partial charge in [0.05, 0.1) is 5.69 Å². The third kappa shape index (κ3) is 2.58. The van der Waals surface area contributed by atoms with E-state index < -0.39 is 0 Å². The standard InChI is InChI=1S/C13H19N3S/c1-4-10(7-14-3)12-9(2)16-13(17-12)11-5-6-15-8-11/h5-6,8,10,14-15H,4,7H2,1-3H3. The van der Waals surface area contributed by atoms with E-state index in [0.29, 0.717) is 5.92 Å². The molecule has 0 radical (unpaired) electrons. The van der Waals surface area contributed by atoms with Crippen LogP contribution >= 0.6 is 11.3 Å². The van der Waals surface area contributed by atoms with Gasteiger partial charge in [-0.25, -0.2) is 4.98 Å². The topological polar surface area (TPSA) is 40.7 Å². The summed E-state index contributed by atoms with van der Waals surface area (Å²) in [6.07, 6.45) is 5.09. The van der Waals surface area contributed by atoms with Crippen LogP contribution in [-0.2, 0) is 0 Å². The fourth-order valence-electron chi connectivity index (χ4n) is 2.04. The van der Waals surface area contributed by atoms with Gasteiger partial charge in [-0.1, -0.05) is 6.92 Å². The molecular formula is C13H19N3S. The Hall–Kier alpha value is -1.13. The molecule has 1 unspecified atom stereocenters. The predicted molar refractivity (Wildman–Crippen MR) is 73.6 cm³/mol. The highest BCUT2D eigenvalue weighted by Gasteiger charge is 2.17. The van der Waals surface area contributed by atoms with Crippen molar-refractivity contribution in [2.24, 2.45) is 0 Å². The van der Waals surface area contributed by atoms with Crippen LogP contribution in [0, 0.1) is 6.92 Å². The zero-order chi connectivity index (χ0) is 12.3. The van der Waals surface area contributed by atoms with Gasteiger partial charge in [0, 0.05) is 35.3 Å². The summed E-state index contributed by atoms with van der Waals surface area (Å²) in [4.78, 5) is 9.17. The highest BCUT2D eigenvalue weighted by Crippen LogP contribution is 2.33. The van der Waals surface area contributed by atoms with Gasteiger partial charge in [0.1, 0.15) is 5.01 Å². The molecule has 2 aromatic heterocycles. The van der Waals surface area contributed by atoms with Crippen LogP contribution in [0.25, 0.3) is 10.6 Å². The Balaban J connectivity index is 2.30. The molecule has 0 aromatic carbocycles. The Morgan fingerprint density at radius 1 is 1.53 bits per heavy atom. The van der Waals surface area contributed by atoms with Gasteiger partial charge in [-0.15, -0.1) is 11.3 Å². The summed E-state index contributed by atoms with van der Waals surface area (Å²) in [5.74, 6) is 0.574. The fraction of sp³-hybridized carbons (Fsp3) is 0.462. The van der Waals surface area contributed by atoms with Crippen molar-refractivity contribution < 1.29 is 0 Å². The van der Waals surface area contributed by atoms with E-state index in [2.05, 4.69) is 35.2 Å². The third-order valence-corrected chi connectivity index (χ3v) is 4.36. The molecule has 3 nitrogen and oxygen atoms in total. The van der Waals surface area contributed by atoms with E-state index in [1.165, 1.54) is 16.1 Å². The molecule has 0 fully saturated rings. The molecule has 4 heteroatoms. The van der Waals surface area contributed by atoms with Crippen LogP contribution in [0.3, 0.4) is 0 Å². The monoisotopic (exact) mass is 249 g/mol. The summed E-state index contributed by atoms with van der Waals surface area (Å²) in [5.41, 5.74) is 2.36. The number of aromatic nitrogens is 2. The lowest BCUT2D eigenvalue weighted by molar-refractivity contribution is 0.616. The van der Waals surface area contributed by atoms with Crippen LogP contribution in [0.2, 0.25) is 0 Å². The molecule has 0 amide bonds. The van der Waals surface area contributed by atoms with Crippen molar-refractivity contribution >= 4 is 11.3 Å². The molecule has 17 heavy (non-hydrogen) atoms. The molecule has 2 rings (SSSR count). The lowest BCUT2D eigenvalue weighted by atomic mass is 10.0. The van der Waals surface area contributed by atoms with E-state index >= 15 is 0 Å². The van der Waals surface area contributed by atoms with Crippen LogP contribution < -0.4 is 5.32 Å². The lowest BCUT2D eigenvalue weighted by Gasteiger charge is -2.12. The average molecular weight is 249 g/mol. The lowest BCUT2D eigenvalue weighted by Crippen LogP contribution is -2.16. The number of rotatable bonds is 5. The molecule has 0 saturated carbocycles. The Bertz CT molecular complexity index is 459. The van der Waals surface area contributed by atoms with E-state index in [4.69, 9.17) is 0 Å². The molecule has 92 valence electrons. The predicted octanol–water partition coefficient (Wildman–Crippen LogP) is 3.16. The second-order valence-electron chi connectivity index (χ2n) is 4.23. The number of likely N-dealkylation sites (N-methyl/N-ethyl adjacent to an activating group) is 1. The number of hydrogen-bond acceptors (Lipinski definition) is 3. The summed E-state index contributed by atoms with van der Waals surface area (Å²) >= 11 is 1.82. The van der Waals surface area contributed by atoms with Crippen molar-refractivity contribution in [2.75, 3.05) is 13.6 Å². The molecule has 0 aliphatic rings. The first-order valence-corrected chi connectivity index (χ1v) is 6.83. The summed E-state index contributed by atoms with van der Waals surface area (Å²) in [6.45, 7) is 5.36. The van der Waals surface area contributed by atoms with Crippen LogP contribution in [0.1, 0.15) is 29.8 Å². The van der Waals surface area contributed by atoms with Gasteiger partial charge in [0.15, 0.2) is 0 Å². The summed E-state index contributed by atoms with van der Waals surface area (Å²) in [6, 6.07) is 2.07. The second kappa shape index (κ2) is 5.47. The number of nitrogens with zero attached hydrogens (tertiary/aromatic N) is 1. The molecule has 0 aliphatic heterocycles. The van der Waals surface area contributed by atoms with E-state index in [-0.39, 0.29) is 0 Å². The van der Waals surface area contributed by atoms with Crippen LogP contribution in [0.15, 0.2) is 18.5 Å². The Morgan fingerprint density at radius 2 is 2.35 bits per heavy atom. The normalized spacial score (nSPS) is 12.9. The Labute approximate surface area is 106 Å². The molecular weight excluding hydrogens is 230 g/mol. The maximum Gasteiger partial charge on any atom is 0.125 e. The SMILES string of the molecule is CCC(CNC)c1sc(-c2cc[nH]c2)nc1C. The first-order valence-electron chi connectivity index (χ1n) is 6.01. The van der Waals surface area contributed by atoms with Crippen molar-refractivity contribution in [3.05, 3.63) is 29.0 Å². The minimum absolute atomic E-state index is 0.574. The first kappa shape index (κ1) is 12.3. The van der Waals surface area contributed by atoms with Crippen molar-refractivity contribution in [3.8, 4) is 10.6 Å². The molecule has 1 atom stereocenters. The maximum absolute atomic E-state index is 4.67. The van der Waals surface area contributed by atoms with Gasteiger partial charge in [0.2, 0.25) is 0 Å². The van der Waals surface area contributed by atoms with Crippen molar-refractivity contribution in [3.63, 3.8) is 0 Å². The van der Waals surface area contributed by atoms with Crippen molar-refractivity contribution in [1.82, 2.24) is 15.3 Å². The maximum atomic E-state index is 4.67. The summed E-state index contributed by atoms with van der Waals surface area (Å²) < 4.78 is 0. The Morgan fingerprint density at radius 3 is 2.94 bits per heavy atom. The number of hydrogen-bond donors (Lipinski definition) is 2. The van der Waals surface area contributed by atoms with Crippen LogP contribution in [0.4, 0.5) is 0 Å². The van der Waals surface area contributed by atoms with Gasteiger partial charge in [0.25, 0.3) is 0 Å². The molecule has 0 bridgehead atoms. The first-order chi connectivity index (χ1) is 8.26. The minimum Gasteiger partial charge on any atom is -0.367 e. The summed E-state index contributed by atoms with van der Waals surface area (Å²) in [5, 5.41) is 4.38.